The Morgan fingerprint density at radius 3 is 2.69 bits per heavy atom. The molecule has 0 atom stereocenters. The summed E-state index contributed by atoms with van der Waals surface area (Å²) in [7, 11) is 5.16. The monoisotopic (exact) mass is 386 g/mol. The maximum Gasteiger partial charge on any atom is 0.434 e. The van der Waals surface area contributed by atoms with E-state index in [9.17, 15) is 13.2 Å². The molecular formula is C17H21F3N4OS. The Kier molecular flexibility index (Phi) is 6.84. The normalized spacial score (nSPS) is 12.2. The van der Waals surface area contributed by atoms with E-state index in [4.69, 9.17) is 4.74 Å². The van der Waals surface area contributed by atoms with Crippen LogP contribution in [0.1, 0.15) is 16.3 Å². The highest BCUT2D eigenvalue weighted by atomic mass is 32.1. The summed E-state index contributed by atoms with van der Waals surface area (Å²) >= 11 is 1.01. The number of benzene rings is 1. The van der Waals surface area contributed by atoms with Crippen LogP contribution < -0.4 is 10.1 Å². The van der Waals surface area contributed by atoms with Crippen LogP contribution in [0.2, 0.25) is 0 Å². The summed E-state index contributed by atoms with van der Waals surface area (Å²) in [4.78, 5) is 9.75. The van der Waals surface area contributed by atoms with Gasteiger partial charge in [-0.25, -0.2) is 4.98 Å². The molecule has 26 heavy (non-hydrogen) atoms. The fourth-order valence-corrected chi connectivity index (χ4v) is 3.19. The van der Waals surface area contributed by atoms with Gasteiger partial charge >= 0.3 is 6.18 Å². The molecule has 1 aromatic carbocycles. The van der Waals surface area contributed by atoms with Gasteiger partial charge in [-0.05, 0) is 6.07 Å². The smallest absolute Gasteiger partial charge is 0.434 e. The average Bonchev–Trinajstić information content (AvgIpc) is 3.08. The van der Waals surface area contributed by atoms with Gasteiger partial charge in [0.25, 0.3) is 0 Å². The number of aromatic nitrogens is 1. The lowest BCUT2D eigenvalue weighted by atomic mass is 10.2. The van der Waals surface area contributed by atoms with E-state index in [1.807, 2.05) is 36.2 Å². The van der Waals surface area contributed by atoms with Crippen molar-refractivity contribution in [1.29, 1.82) is 0 Å². The van der Waals surface area contributed by atoms with Crippen LogP contribution in [0.4, 0.5) is 13.2 Å². The highest BCUT2D eigenvalue weighted by Crippen LogP contribution is 2.30. The van der Waals surface area contributed by atoms with Crippen LogP contribution >= 0.6 is 11.3 Å². The molecule has 0 saturated carbocycles. The third-order valence-corrected chi connectivity index (χ3v) is 4.55. The number of ether oxygens (including phenoxy) is 1. The van der Waals surface area contributed by atoms with Crippen molar-refractivity contribution in [2.24, 2.45) is 4.99 Å². The van der Waals surface area contributed by atoms with Crippen molar-refractivity contribution in [3.05, 3.63) is 45.9 Å². The van der Waals surface area contributed by atoms with Gasteiger partial charge in [0.05, 0.1) is 12.1 Å². The fraction of sp³-hybridized carbons (Fsp3) is 0.412. The maximum atomic E-state index is 12.6. The first kappa shape index (κ1) is 20.0. The second-order valence-electron chi connectivity index (χ2n) is 5.52. The van der Waals surface area contributed by atoms with Gasteiger partial charge in [-0.15, -0.1) is 11.3 Å². The van der Waals surface area contributed by atoms with Crippen molar-refractivity contribution in [3.63, 3.8) is 0 Å². The van der Waals surface area contributed by atoms with Crippen molar-refractivity contribution in [1.82, 2.24) is 15.2 Å². The lowest BCUT2D eigenvalue weighted by molar-refractivity contribution is -0.140. The topological polar surface area (TPSA) is 49.8 Å². The number of thiazole rings is 1. The molecule has 0 bridgehead atoms. The summed E-state index contributed by atoms with van der Waals surface area (Å²) in [6.45, 7) is 1.02. The zero-order valence-electron chi connectivity index (χ0n) is 14.8. The van der Waals surface area contributed by atoms with Crippen LogP contribution in [0.15, 0.2) is 34.6 Å². The number of hydrogen-bond acceptors (Lipinski definition) is 4. The Labute approximate surface area is 154 Å². The molecule has 0 aliphatic rings. The summed E-state index contributed by atoms with van der Waals surface area (Å²) in [6.07, 6.45) is -4.00. The Balaban J connectivity index is 1.90. The lowest BCUT2D eigenvalue weighted by Crippen LogP contribution is -2.39. The second kappa shape index (κ2) is 8.88. The first-order chi connectivity index (χ1) is 12.3. The number of hydrogen-bond donors (Lipinski definition) is 1. The molecule has 0 aliphatic heterocycles. The van der Waals surface area contributed by atoms with Crippen LogP contribution in [-0.4, -0.2) is 43.6 Å². The number of para-hydroxylation sites is 1. The van der Waals surface area contributed by atoms with Gasteiger partial charge in [0.15, 0.2) is 11.7 Å². The van der Waals surface area contributed by atoms with Crippen LogP contribution in [0.3, 0.4) is 0 Å². The standard InChI is InChI=1S/C17H21F3N4OS/c1-21-16(24(2)10-12-6-4-5-7-13(12)25-3)22-9-8-15-23-14(11-26-15)17(18,19)20/h4-7,11H,8-10H2,1-3H3,(H,21,22). The van der Waals surface area contributed by atoms with Crippen molar-refractivity contribution >= 4 is 17.3 Å². The number of alkyl halides is 3. The molecule has 0 fully saturated rings. The molecule has 2 aromatic rings. The first-order valence-electron chi connectivity index (χ1n) is 7.90. The molecule has 0 unspecified atom stereocenters. The third kappa shape index (κ3) is 5.35. The number of nitrogens with zero attached hydrogens (tertiary/aromatic N) is 3. The largest absolute Gasteiger partial charge is 0.496 e. The molecule has 1 aromatic heterocycles. The van der Waals surface area contributed by atoms with Crippen molar-refractivity contribution in [2.45, 2.75) is 19.1 Å². The molecule has 0 saturated heterocycles. The Morgan fingerprint density at radius 1 is 1.35 bits per heavy atom. The number of guanidine groups is 1. The first-order valence-corrected chi connectivity index (χ1v) is 8.78. The molecule has 5 nitrogen and oxygen atoms in total. The summed E-state index contributed by atoms with van der Waals surface area (Å²) in [5.41, 5.74) is 0.172. The summed E-state index contributed by atoms with van der Waals surface area (Å²) in [5.74, 6) is 1.43. The van der Waals surface area contributed by atoms with E-state index in [0.717, 1.165) is 28.0 Å². The molecule has 1 heterocycles. The quantitative estimate of drug-likeness (QED) is 0.611. The molecule has 0 aliphatic carbocycles. The number of halogens is 3. The molecule has 0 radical (unpaired) electrons. The highest BCUT2D eigenvalue weighted by Gasteiger charge is 2.33. The minimum Gasteiger partial charge on any atom is -0.496 e. The van der Waals surface area contributed by atoms with Crippen LogP contribution in [0, 0.1) is 0 Å². The number of rotatable bonds is 6. The summed E-state index contributed by atoms with van der Waals surface area (Å²) < 4.78 is 43.1. The van der Waals surface area contributed by atoms with Gasteiger partial charge in [0, 0.05) is 44.5 Å². The van der Waals surface area contributed by atoms with Gasteiger partial charge < -0.3 is 15.0 Å². The van der Waals surface area contributed by atoms with E-state index in [-0.39, 0.29) is 0 Å². The molecule has 2 rings (SSSR count). The highest BCUT2D eigenvalue weighted by molar-refractivity contribution is 7.09. The zero-order chi connectivity index (χ0) is 19.2. The van der Waals surface area contributed by atoms with E-state index in [1.165, 1.54) is 0 Å². The maximum absolute atomic E-state index is 12.6. The predicted molar refractivity (Wildman–Crippen MR) is 96.6 cm³/mol. The van der Waals surface area contributed by atoms with Crippen LogP contribution in [0.5, 0.6) is 5.75 Å². The van der Waals surface area contributed by atoms with E-state index >= 15 is 0 Å². The van der Waals surface area contributed by atoms with Crippen LogP contribution in [-0.2, 0) is 19.1 Å². The Hall–Kier alpha value is -2.29. The summed E-state index contributed by atoms with van der Waals surface area (Å²) in [6, 6.07) is 7.69. The number of aliphatic imine (C=N–C) groups is 1. The fourth-order valence-electron chi connectivity index (χ4n) is 2.39. The van der Waals surface area contributed by atoms with Gasteiger partial charge in [-0.3, -0.25) is 4.99 Å². The molecule has 0 amide bonds. The molecular weight excluding hydrogens is 365 g/mol. The molecule has 142 valence electrons. The van der Waals surface area contributed by atoms with E-state index in [0.29, 0.717) is 30.5 Å². The van der Waals surface area contributed by atoms with Crippen molar-refractivity contribution < 1.29 is 17.9 Å². The predicted octanol–water partition coefficient (Wildman–Crippen LogP) is 3.42. The molecule has 1 N–H and O–H groups in total. The molecule has 0 spiro atoms. The van der Waals surface area contributed by atoms with Gasteiger partial charge in [0.2, 0.25) is 0 Å². The Bertz CT molecular complexity index is 746. The van der Waals surface area contributed by atoms with E-state index in [1.54, 1.807) is 14.2 Å². The van der Waals surface area contributed by atoms with E-state index in [2.05, 4.69) is 15.3 Å². The second-order valence-corrected chi connectivity index (χ2v) is 6.46. The van der Waals surface area contributed by atoms with E-state index < -0.39 is 11.9 Å². The number of nitrogens with one attached hydrogen (secondary N) is 1. The van der Waals surface area contributed by atoms with Gasteiger partial charge in [-0.1, -0.05) is 18.2 Å². The minimum absolute atomic E-state index is 0.391. The zero-order valence-corrected chi connectivity index (χ0v) is 15.6. The van der Waals surface area contributed by atoms with Crippen molar-refractivity contribution in [2.75, 3.05) is 27.7 Å². The Morgan fingerprint density at radius 2 is 2.08 bits per heavy atom. The average molecular weight is 386 g/mol. The third-order valence-electron chi connectivity index (χ3n) is 3.64. The van der Waals surface area contributed by atoms with Crippen molar-refractivity contribution in [3.8, 4) is 5.75 Å². The minimum atomic E-state index is -4.40. The summed E-state index contributed by atoms with van der Waals surface area (Å²) in [5, 5.41) is 4.62. The molecule has 9 heteroatoms. The lowest BCUT2D eigenvalue weighted by Gasteiger charge is -2.23. The van der Waals surface area contributed by atoms with Gasteiger partial charge in [0.1, 0.15) is 5.75 Å². The van der Waals surface area contributed by atoms with Crippen LogP contribution in [0.25, 0.3) is 0 Å². The SMILES string of the molecule is CN=C(NCCc1nc(C(F)(F)F)cs1)N(C)Cc1ccccc1OC. The van der Waals surface area contributed by atoms with Gasteiger partial charge in [-0.2, -0.15) is 13.2 Å². The number of methoxy groups -OCH3 is 1.